The van der Waals surface area contributed by atoms with E-state index in [1.807, 2.05) is 6.07 Å². The summed E-state index contributed by atoms with van der Waals surface area (Å²) in [5.41, 5.74) is 8.14. The van der Waals surface area contributed by atoms with Gasteiger partial charge in [-0.3, -0.25) is 19.9 Å². The summed E-state index contributed by atoms with van der Waals surface area (Å²) in [7, 11) is 0. The molecular formula is C16H16N4O4. The lowest BCUT2D eigenvalue weighted by atomic mass is 9.92. The van der Waals surface area contributed by atoms with E-state index in [1.165, 1.54) is 6.07 Å². The molecule has 0 radical (unpaired) electrons. The number of hydrogen-bond acceptors (Lipinski definition) is 6. The maximum absolute atomic E-state index is 12.2. The molecule has 1 heterocycles. The number of carbonyl (C=O) groups excluding carboxylic acids is 1. The molecule has 0 saturated heterocycles. The predicted octanol–water partition coefficient (Wildman–Crippen LogP) is 1.76. The molecule has 24 heavy (non-hydrogen) atoms. The molecule has 1 amide bonds. The molecule has 0 spiro atoms. The van der Waals surface area contributed by atoms with E-state index < -0.39 is 22.3 Å². The minimum atomic E-state index is -0.715. The Labute approximate surface area is 137 Å². The lowest BCUT2D eigenvalue weighted by molar-refractivity contribution is -0.385. The number of nitro groups is 1. The maximum atomic E-state index is 12.2. The van der Waals surface area contributed by atoms with E-state index in [1.54, 1.807) is 6.20 Å². The van der Waals surface area contributed by atoms with Gasteiger partial charge in [0.2, 0.25) is 0 Å². The van der Waals surface area contributed by atoms with Gasteiger partial charge in [0.25, 0.3) is 5.91 Å². The zero-order valence-electron chi connectivity index (χ0n) is 12.7. The van der Waals surface area contributed by atoms with E-state index in [0.717, 1.165) is 36.2 Å². The van der Waals surface area contributed by atoms with Crippen molar-refractivity contribution in [1.82, 2.24) is 4.98 Å². The molecular weight excluding hydrogens is 312 g/mol. The molecule has 0 bridgehead atoms. The van der Waals surface area contributed by atoms with Gasteiger partial charge in [0.05, 0.1) is 16.8 Å². The van der Waals surface area contributed by atoms with Crippen LogP contribution < -0.4 is 11.1 Å². The summed E-state index contributed by atoms with van der Waals surface area (Å²) in [6, 6.07) is 5.38. The van der Waals surface area contributed by atoms with E-state index in [4.69, 9.17) is 5.73 Å². The molecule has 8 nitrogen and oxygen atoms in total. The molecule has 124 valence electrons. The first-order valence-corrected chi connectivity index (χ1v) is 7.46. The van der Waals surface area contributed by atoms with Gasteiger partial charge in [-0.2, -0.15) is 0 Å². The van der Waals surface area contributed by atoms with Crippen molar-refractivity contribution in [1.29, 1.82) is 0 Å². The fourth-order valence-corrected chi connectivity index (χ4v) is 2.74. The average Bonchev–Trinajstić information content (AvgIpc) is 2.54. The molecule has 1 unspecified atom stereocenters. The number of aromatic nitrogens is 1. The molecule has 1 atom stereocenters. The summed E-state index contributed by atoms with van der Waals surface area (Å²) < 4.78 is 0. The minimum Gasteiger partial charge on any atom is -0.502 e. The smallest absolute Gasteiger partial charge is 0.310 e. The van der Waals surface area contributed by atoms with E-state index in [9.17, 15) is 20.0 Å². The van der Waals surface area contributed by atoms with Crippen LogP contribution in [-0.4, -0.2) is 27.0 Å². The normalized spacial score (nSPS) is 16.3. The van der Waals surface area contributed by atoms with Gasteiger partial charge < -0.3 is 16.2 Å². The molecule has 1 aromatic carbocycles. The highest BCUT2D eigenvalue weighted by Crippen LogP contribution is 2.27. The van der Waals surface area contributed by atoms with Gasteiger partial charge in [0, 0.05) is 23.4 Å². The fourth-order valence-electron chi connectivity index (χ4n) is 2.74. The van der Waals surface area contributed by atoms with Crippen LogP contribution in [0.15, 0.2) is 30.5 Å². The average molecular weight is 328 g/mol. The highest BCUT2D eigenvalue weighted by atomic mass is 16.6. The standard InChI is InChI=1S/C16H16N4O4/c17-11-2-3-13-10(5-11)6-12(8-18-13)19-16(22)9-1-4-14(20(23)24)15(21)7-9/h1,4,6-8,11,21H,2-3,5,17H2,(H,19,22). The number of amides is 1. The molecule has 3 rings (SSSR count). The van der Waals surface area contributed by atoms with Crippen LogP contribution in [-0.2, 0) is 12.8 Å². The van der Waals surface area contributed by atoms with Crippen LogP contribution in [0.5, 0.6) is 5.75 Å². The Hall–Kier alpha value is -3.00. The predicted molar refractivity (Wildman–Crippen MR) is 87.0 cm³/mol. The number of hydrogen-bond donors (Lipinski definition) is 3. The van der Waals surface area contributed by atoms with Crippen LogP contribution in [0.2, 0.25) is 0 Å². The Balaban J connectivity index is 1.79. The van der Waals surface area contributed by atoms with Crippen molar-refractivity contribution >= 4 is 17.3 Å². The minimum absolute atomic E-state index is 0.0943. The van der Waals surface area contributed by atoms with E-state index in [2.05, 4.69) is 10.3 Å². The quantitative estimate of drug-likeness (QED) is 0.581. The van der Waals surface area contributed by atoms with Gasteiger partial charge >= 0.3 is 5.69 Å². The molecule has 4 N–H and O–H groups in total. The van der Waals surface area contributed by atoms with E-state index >= 15 is 0 Å². The first-order valence-electron chi connectivity index (χ1n) is 7.46. The second-order valence-corrected chi connectivity index (χ2v) is 5.75. The van der Waals surface area contributed by atoms with Crippen molar-refractivity contribution in [2.24, 2.45) is 5.73 Å². The number of anilines is 1. The Bertz CT molecular complexity index is 822. The van der Waals surface area contributed by atoms with Gasteiger partial charge in [-0.1, -0.05) is 0 Å². The van der Waals surface area contributed by atoms with E-state index in [0.29, 0.717) is 12.1 Å². The SMILES string of the molecule is NC1CCc2ncc(NC(=O)c3ccc([N+](=O)[O-])c(O)c3)cc2C1. The molecule has 8 heteroatoms. The van der Waals surface area contributed by atoms with Crippen molar-refractivity contribution in [3.05, 3.63) is 57.4 Å². The number of nitrogens with zero attached hydrogens (tertiary/aromatic N) is 2. The first-order chi connectivity index (χ1) is 11.4. The van der Waals surface area contributed by atoms with Crippen molar-refractivity contribution in [3.8, 4) is 5.75 Å². The number of benzene rings is 1. The van der Waals surface area contributed by atoms with Crippen molar-refractivity contribution in [2.75, 3.05) is 5.32 Å². The lowest BCUT2D eigenvalue weighted by Gasteiger charge is -2.21. The number of phenolic OH excluding ortho intramolecular Hbond substituents is 1. The van der Waals surface area contributed by atoms with Crippen LogP contribution in [0, 0.1) is 10.1 Å². The molecule has 1 aliphatic rings. The van der Waals surface area contributed by atoms with Gasteiger partial charge in [0.15, 0.2) is 5.75 Å². The third-order valence-electron chi connectivity index (χ3n) is 3.99. The molecule has 1 aromatic heterocycles. The van der Waals surface area contributed by atoms with Crippen molar-refractivity contribution < 1.29 is 14.8 Å². The van der Waals surface area contributed by atoms with Crippen molar-refractivity contribution in [3.63, 3.8) is 0 Å². The molecule has 0 aliphatic heterocycles. The highest BCUT2D eigenvalue weighted by Gasteiger charge is 2.19. The number of pyridine rings is 1. The zero-order valence-corrected chi connectivity index (χ0v) is 12.7. The summed E-state index contributed by atoms with van der Waals surface area (Å²) in [6.45, 7) is 0. The number of nitro benzene ring substituents is 1. The molecule has 0 saturated carbocycles. The monoisotopic (exact) mass is 328 g/mol. The number of fused-ring (bicyclic) bond motifs is 1. The number of aromatic hydroxyl groups is 1. The summed E-state index contributed by atoms with van der Waals surface area (Å²) in [5.74, 6) is -1.04. The number of nitrogens with one attached hydrogen (secondary N) is 1. The lowest BCUT2D eigenvalue weighted by Crippen LogP contribution is -2.28. The van der Waals surface area contributed by atoms with Gasteiger partial charge in [-0.15, -0.1) is 0 Å². The van der Waals surface area contributed by atoms with Crippen LogP contribution in [0.25, 0.3) is 0 Å². The topological polar surface area (TPSA) is 131 Å². The largest absolute Gasteiger partial charge is 0.502 e. The molecule has 0 fully saturated rings. The van der Waals surface area contributed by atoms with Crippen LogP contribution in [0.4, 0.5) is 11.4 Å². The Morgan fingerprint density at radius 3 is 2.92 bits per heavy atom. The van der Waals surface area contributed by atoms with Crippen molar-refractivity contribution in [2.45, 2.75) is 25.3 Å². The summed E-state index contributed by atoms with van der Waals surface area (Å²) in [4.78, 5) is 26.6. The third-order valence-corrected chi connectivity index (χ3v) is 3.99. The number of rotatable bonds is 3. The molecule has 1 aliphatic carbocycles. The fraction of sp³-hybridized carbons (Fsp3) is 0.250. The number of nitrogens with two attached hydrogens (primary N) is 1. The summed E-state index contributed by atoms with van der Waals surface area (Å²) in [5, 5.41) is 23.0. The van der Waals surface area contributed by atoms with Crippen LogP contribution in [0.1, 0.15) is 28.0 Å². The van der Waals surface area contributed by atoms with E-state index in [-0.39, 0.29) is 11.6 Å². The van der Waals surface area contributed by atoms with Gasteiger partial charge in [0.1, 0.15) is 0 Å². The second kappa shape index (κ2) is 6.25. The maximum Gasteiger partial charge on any atom is 0.310 e. The number of aryl methyl sites for hydroxylation is 1. The summed E-state index contributed by atoms with van der Waals surface area (Å²) >= 11 is 0. The van der Waals surface area contributed by atoms with Gasteiger partial charge in [-0.25, -0.2) is 0 Å². The Morgan fingerprint density at radius 2 is 2.21 bits per heavy atom. The second-order valence-electron chi connectivity index (χ2n) is 5.75. The van der Waals surface area contributed by atoms with Crippen LogP contribution >= 0.6 is 0 Å². The first kappa shape index (κ1) is 15.9. The highest BCUT2D eigenvalue weighted by molar-refractivity contribution is 6.04. The zero-order chi connectivity index (χ0) is 17.3. The number of phenols is 1. The molecule has 2 aromatic rings. The number of carbonyl (C=O) groups is 1. The van der Waals surface area contributed by atoms with Crippen LogP contribution in [0.3, 0.4) is 0 Å². The van der Waals surface area contributed by atoms with Gasteiger partial charge in [-0.05, 0) is 43.0 Å². The third kappa shape index (κ3) is 3.18. The Kier molecular flexibility index (Phi) is 4.13. The summed E-state index contributed by atoms with van der Waals surface area (Å²) in [6.07, 6.45) is 4.00. The Morgan fingerprint density at radius 1 is 1.42 bits per heavy atom.